The zero-order valence-electron chi connectivity index (χ0n) is 16.3. The molecule has 2 aromatic carbocycles. The van der Waals surface area contributed by atoms with Gasteiger partial charge in [0, 0.05) is 12.6 Å². The third-order valence-electron chi connectivity index (χ3n) is 4.47. The van der Waals surface area contributed by atoms with Crippen LogP contribution in [0.2, 0.25) is 0 Å². The van der Waals surface area contributed by atoms with Crippen LogP contribution >= 0.6 is 0 Å². The van der Waals surface area contributed by atoms with Gasteiger partial charge in [-0.3, -0.25) is 9.59 Å². The minimum Gasteiger partial charge on any atom is -0.352 e. The van der Waals surface area contributed by atoms with Crippen LogP contribution in [0.1, 0.15) is 37.5 Å². The summed E-state index contributed by atoms with van der Waals surface area (Å²) in [6.45, 7) is 7.69. The van der Waals surface area contributed by atoms with Crippen molar-refractivity contribution in [1.29, 1.82) is 0 Å². The van der Waals surface area contributed by atoms with Crippen LogP contribution in [0.25, 0.3) is 0 Å². The number of hydrogen-bond donors (Lipinski definition) is 1. The molecule has 4 nitrogen and oxygen atoms in total. The second-order valence-electron chi connectivity index (χ2n) is 7.09. The monoisotopic (exact) mass is 370 g/mol. The van der Waals surface area contributed by atoms with Gasteiger partial charge in [0.15, 0.2) is 0 Å². The van der Waals surface area contributed by atoms with Crippen LogP contribution < -0.4 is 5.32 Å². The zero-order chi connectivity index (χ0) is 20.0. The molecule has 0 aromatic heterocycles. The molecule has 1 atom stereocenters. The number of nitrogens with one attached hydrogen (secondary N) is 1. The summed E-state index contributed by atoms with van der Waals surface area (Å²) in [6.07, 6.45) is 0.215. The summed E-state index contributed by atoms with van der Waals surface area (Å²) in [5.41, 5.74) is 2.74. The number of nitrogens with zero attached hydrogens (tertiary/aromatic N) is 1. The number of aryl methyl sites for hydroxylation is 1. The Balaban J connectivity index is 2.24. The third-order valence-corrected chi connectivity index (χ3v) is 4.47. The van der Waals surface area contributed by atoms with E-state index in [9.17, 15) is 14.0 Å². The number of benzene rings is 2. The van der Waals surface area contributed by atoms with Crippen molar-refractivity contribution in [3.8, 4) is 0 Å². The Labute approximate surface area is 160 Å². The molecule has 27 heavy (non-hydrogen) atoms. The van der Waals surface area contributed by atoms with Crippen molar-refractivity contribution in [2.75, 3.05) is 0 Å². The van der Waals surface area contributed by atoms with Gasteiger partial charge in [0.2, 0.25) is 11.8 Å². The molecule has 2 rings (SSSR count). The molecule has 2 aromatic rings. The number of hydrogen-bond acceptors (Lipinski definition) is 2. The molecule has 0 bridgehead atoms. The molecule has 0 saturated carbocycles. The molecular weight excluding hydrogens is 343 g/mol. The van der Waals surface area contributed by atoms with Crippen LogP contribution in [0.4, 0.5) is 4.39 Å². The van der Waals surface area contributed by atoms with Crippen LogP contribution in [-0.4, -0.2) is 28.8 Å². The molecule has 1 N–H and O–H groups in total. The average Bonchev–Trinajstić information content (AvgIpc) is 2.62. The fraction of sp³-hybridized carbons (Fsp3) is 0.364. The van der Waals surface area contributed by atoms with E-state index in [4.69, 9.17) is 0 Å². The topological polar surface area (TPSA) is 49.4 Å². The maximum absolute atomic E-state index is 13.2. The summed E-state index contributed by atoms with van der Waals surface area (Å²) in [6, 6.07) is 13.0. The van der Waals surface area contributed by atoms with Gasteiger partial charge in [-0.15, -0.1) is 0 Å². The number of halogens is 1. The van der Waals surface area contributed by atoms with Crippen LogP contribution in [0.15, 0.2) is 48.5 Å². The fourth-order valence-corrected chi connectivity index (χ4v) is 2.85. The number of carbonyl (C=O) groups is 2. The summed E-state index contributed by atoms with van der Waals surface area (Å²) in [5.74, 6) is -0.674. The smallest absolute Gasteiger partial charge is 0.242 e. The first-order chi connectivity index (χ1) is 12.8. The van der Waals surface area contributed by atoms with Crippen LogP contribution in [0.3, 0.4) is 0 Å². The third kappa shape index (κ3) is 5.91. The lowest BCUT2D eigenvalue weighted by Crippen LogP contribution is -2.49. The highest BCUT2D eigenvalue weighted by molar-refractivity contribution is 5.88. The van der Waals surface area contributed by atoms with Gasteiger partial charge in [-0.1, -0.05) is 36.4 Å². The van der Waals surface area contributed by atoms with Crippen molar-refractivity contribution >= 4 is 11.8 Å². The molecule has 0 aliphatic rings. The van der Waals surface area contributed by atoms with E-state index < -0.39 is 6.04 Å². The minimum atomic E-state index is -0.631. The summed E-state index contributed by atoms with van der Waals surface area (Å²) in [5, 5.41) is 2.86. The van der Waals surface area contributed by atoms with E-state index in [1.54, 1.807) is 24.0 Å². The van der Waals surface area contributed by atoms with Crippen LogP contribution in [0.5, 0.6) is 0 Å². The molecule has 5 heteroatoms. The van der Waals surface area contributed by atoms with E-state index in [-0.39, 0.29) is 36.6 Å². The Morgan fingerprint density at radius 2 is 1.67 bits per heavy atom. The molecule has 2 amide bonds. The summed E-state index contributed by atoms with van der Waals surface area (Å²) >= 11 is 0. The normalized spacial score (nSPS) is 11.9. The van der Waals surface area contributed by atoms with Gasteiger partial charge in [0.05, 0.1) is 6.42 Å². The predicted molar refractivity (Wildman–Crippen MR) is 105 cm³/mol. The van der Waals surface area contributed by atoms with Crippen LogP contribution in [0, 0.1) is 12.7 Å². The Morgan fingerprint density at radius 3 is 2.26 bits per heavy atom. The number of amides is 2. The van der Waals surface area contributed by atoms with Crippen molar-refractivity contribution in [2.45, 2.75) is 52.7 Å². The molecule has 0 spiro atoms. The van der Waals surface area contributed by atoms with Crippen molar-refractivity contribution in [3.05, 3.63) is 71.0 Å². The first-order valence-electron chi connectivity index (χ1n) is 9.16. The maximum Gasteiger partial charge on any atom is 0.242 e. The first kappa shape index (κ1) is 20.6. The highest BCUT2D eigenvalue weighted by Crippen LogP contribution is 2.15. The van der Waals surface area contributed by atoms with Crippen molar-refractivity contribution in [2.24, 2.45) is 0 Å². The van der Waals surface area contributed by atoms with Gasteiger partial charge in [-0.2, -0.15) is 0 Å². The lowest BCUT2D eigenvalue weighted by molar-refractivity contribution is -0.140. The summed E-state index contributed by atoms with van der Waals surface area (Å²) in [7, 11) is 0. The van der Waals surface area contributed by atoms with Crippen molar-refractivity contribution < 1.29 is 14.0 Å². The Bertz CT molecular complexity index is 787. The molecule has 0 fully saturated rings. The molecular formula is C22H27FN2O2. The quantitative estimate of drug-likeness (QED) is 0.809. The van der Waals surface area contributed by atoms with E-state index in [1.165, 1.54) is 12.1 Å². The van der Waals surface area contributed by atoms with Gasteiger partial charge in [0.25, 0.3) is 0 Å². The second kappa shape index (κ2) is 9.31. The SMILES string of the molecule is Cc1ccccc1CC(=O)N(Cc1ccc(F)cc1)[C@@H](C)C(=O)NC(C)C. The molecule has 0 aliphatic heterocycles. The van der Waals surface area contributed by atoms with E-state index in [2.05, 4.69) is 5.32 Å². The Morgan fingerprint density at radius 1 is 1.04 bits per heavy atom. The number of rotatable bonds is 7. The molecule has 0 heterocycles. The average molecular weight is 370 g/mol. The summed E-state index contributed by atoms with van der Waals surface area (Å²) < 4.78 is 13.2. The van der Waals surface area contributed by atoms with Gasteiger partial charge in [0.1, 0.15) is 11.9 Å². The van der Waals surface area contributed by atoms with E-state index in [0.717, 1.165) is 16.7 Å². The molecule has 0 radical (unpaired) electrons. The van der Waals surface area contributed by atoms with E-state index >= 15 is 0 Å². The summed E-state index contributed by atoms with van der Waals surface area (Å²) in [4.78, 5) is 27.1. The number of carbonyl (C=O) groups excluding carboxylic acids is 2. The zero-order valence-corrected chi connectivity index (χ0v) is 16.3. The van der Waals surface area contributed by atoms with E-state index in [0.29, 0.717) is 0 Å². The van der Waals surface area contributed by atoms with Crippen molar-refractivity contribution in [3.63, 3.8) is 0 Å². The highest BCUT2D eigenvalue weighted by atomic mass is 19.1. The largest absolute Gasteiger partial charge is 0.352 e. The Kier molecular flexibility index (Phi) is 7.11. The van der Waals surface area contributed by atoms with Gasteiger partial charge in [-0.25, -0.2) is 4.39 Å². The fourth-order valence-electron chi connectivity index (χ4n) is 2.85. The molecule has 0 saturated heterocycles. The molecule has 144 valence electrons. The first-order valence-corrected chi connectivity index (χ1v) is 9.16. The van der Waals surface area contributed by atoms with Crippen molar-refractivity contribution in [1.82, 2.24) is 10.2 Å². The lowest BCUT2D eigenvalue weighted by Gasteiger charge is -2.29. The van der Waals surface area contributed by atoms with Gasteiger partial charge < -0.3 is 10.2 Å². The lowest BCUT2D eigenvalue weighted by atomic mass is 10.0. The maximum atomic E-state index is 13.2. The predicted octanol–water partition coefficient (Wildman–Crippen LogP) is 3.62. The molecule has 0 unspecified atom stereocenters. The minimum absolute atomic E-state index is 0.0147. The van der Waals surface area contributed by atoms with Gasteiger partial charge in [-0.05, 0) is 56.5 Å². The highest BCUT2D eigenvalue weighted by Gasteiger charge is 2.26. The van der Waals surface area contributed by atoms with Gasteiger partial charge >= 0.3 is 0 Å². The van der Waals surface area contributed by atoms with E-state index in [1.807, 2.05) is 45.0 Å². The second-order valence-corrected chi connectivity index (χ2v) is 7.09. The Hall–Kier alpha value is -2.69. The standard InChI is InChI=1S/C22H27FN2O2/c1-15(2)24-22(27)17(4)25(14-18-9-11-20(23)12-10-18)21(26)13-19-8-6-5-7-16(19)3/h5-12,15,17H,13-14H2,1-4H3,(H,24,27)/t17-/m0/s1. The molecule has 0 aliphatic carbocycles. The van der Waals surface area contributed by atoms with Crippen LogP contribution in [-0.2, 0) is 22.6 Å².